The molecule has 0 radical (unpaired) electrons. The Kier molecular flexibility index (Phi) is 11.0. The lowest BCUT2D eigenvalue weighted by Crippen LogP contribution is -2.37. The van der Waals surface area contributed by atoms with Crippen molar-refractivity contribution in [2.24, 2.45) is 17.6 Å². The second-order valence-corrected chi connectivity index (χ2v) is 11.3. The number of nitrogens with zero attached hydrogens (tertiary/aromatic N) is 4. The number of para-hydroxylation sites is 1. The summed E-state index contributed by atoms with van der Waals surface area (Å²) in [7, 11) is 1.59. The summed E-state index contributed by atoms with van der Waals surface area (Å²) in [5.41, 5.74) is 7.11. The lowest BCUT2D eigenvalue weighted by Gasteiger charge is -2.22. The summed E-state index contributed by atoms with van der Waals surface area (Å²) in [5.74, 6) is -0.0485. The number of pyridine rings is 2. The molecule has 4 N–H and O–H groups in total. The molecule has 13 heteroatoms. The molecule has 0 spiro atoms. The molecule has 0 fully saturated rings. The van der Waals surface area contributed by atoms with Gasteiger partial charge in [-0.05, 0) is 67.6 Å². The topological polar surface area (TPSA) is 164 Å². The van der Waals surface area contributed by atoms with E-state index < -0.39 is 23.5 Å². The van der Waals surface area contributed by atoms with E-state index in [1.165, 1.54) is 10.9 Å². The van der Waals surface area contributed by atoms with Crippen LogP contribution in [0.15, 0.2) is 83.9 Å². The number of carboxylic acids is 1. The molecule has 246 valence electrons. The smallest absolute Gasteiger partial charge is 0.320 e. The molecule has 0 saturated carbocycles. The van der Waals surface area contributed by atoms with Gasteiger partial charge in [0.05, 0.1) is 30.2 Å². The van der Waals surface area contributed by atoms with Crippen molar-refractivity contribution in [1.29, 1.82) is 0 Å². The number of nitrogens with two attached hydrogens (primary N) is 1. The van der Waals surface area contributed by atoms with Crippen molar-refractivity contribution in [2.75, 3.05) is 12.4 Å². The molecule has 47 heavy (non-hydrogen) atoms. The fraction of sp³-hybridized carbons (Fsp3) is 0.265. The van der Waals surface area contributed by atoms with Gasteiger partial charge in [-0.1, -0.05) is 32.0 Å². The summed E-state index contributed by atoms with van der Waals surface area (Å²) in [5, 5.41) is 12.8. The molecular weight excluding hydrogens is 624 g/mol. The number of nitrogens with one attached hydrogen (secondary N) is 1. The molecule has 3 heterocycles. The lowest BCUT2D eigenvalue weighted by atomic mass is 9.91. The van der Waals surface area contributed by atoms with Gasteiger partial charge in [0.15, 0.2) is 0 Å². The predicted molar refractivity (Wildman–Crippen MR) is 181 cm³/mol. The second kappa shape index (κ2) is 14.9. The number of benzene rings is 2. The van der Waals surface area contributed by atoms with Gasteiger partial charge in [-0.2, -0.15) is 0 Å². The van der Waals surface area contributed by atoms with Gasteiger partial charge in [0.25, 0.3) is 11.5 Å². The number of methoxy groups -OCH3 is 1. The zero-order valence-electron chi connectivity index (χ0n) is 26.4. The van der Waals surface area contributed by atoms with Gasteiger partial charge < -0.3 is 25.6 Å². The molecule has 1 amide bonds. The highest BCUT2D eigenvalue weighted by atomic mass is 35.5. The van der Waals surface area contributed by atoms with Crippen LogP contribution in [0.5, 0.6) is 17.2 Å². The minimum absolute atomic E-state index is 0. The molecule has 2 aromatic carbocycles. The molecule has 0 saturated heterocycles. The first-order valence-electron chi connectivity index (χ1n) is 14.8. The van der Waals surface area contributed by atoms with E-state index >= 15 is 0 Å². The van der Waals surface area contributed by atoms with Crippen LogP contribution in [0.1, 0.15) is 36.3 Å². The number of hydrogen-bond donors (Lipinski definition) is 3. The normalized spacial score (nSPS) is 12.9. The van der Waals surface area contributed by atoms with Crippen LogP contribution in [0.4, 0.5) is 5.82 Å². The zero-order chi connectivity index (χ0) is 33.0. The number of hydrogen-bond acceptors (Lipinski definition) is 8. The van der Waals surface area contributed by atoms with Crippen LogP contribution in [-0.2, 0) is 11.3 Å². The molecule has 0 bridgehead atoms. The predicted octanol–water partition coefficient (Wildman–Crippen LogP) is 5.44. The molecule has 3 atom stereocenters. The van der Waals surface area contributed by atoms with Crippen LogP contribution < -0.4 is 26.1 Å². The summed E-state index contributed by atoms with van der Waals surface area (Å²) in [4.78, 5) is 47.4. The quantitative estimate of drug-likeness (QED) is 0.158. The van der Waals surface area contributed by atoms with Gasteiger partial charge in [0.1, 0.15) is 34.7 Å². The monoisotopic (exact) mass is 660 g/mol. The molecule has 0 aliphatic rings. The Bertz CT molecular complexity index is 1930. The number of rotatable bonds is 12. The molecule has 12 nitrogen and oxygen atoms in total. The lowest BCUT2D eigenvalue weighted by molar-refractivity contribution is -0.139. The Balaban J connectivity index is 0.00000500. The van der Waals surface area contributed by atoms with E-state index in [2.05, 4.69) is 15.3 Å². The Labute approximate surface area is 277 Å². The fourth-order valence-electron chi connectivity index (χ4n) is 5.49. The summed E-state index contributed by atoms with van der Waals surface area (Å²) in [6, 6.07) is 18.6. The Morgan fingerprint density at radius 2 is 1.74 bits per heavy atom. The zero-order valence-corrected chi connectivity index (χ0v) is 27.2. The number of carbonyl (C=O) groups is 2. The summed E-state index contributed by atoms with van der Waals surface area (Å²) in [6.45, 7) is 5.83. The van der Waals surface area contributed by atoms with Crippen molar-refractivity contribution >= 4 is 41.0 Å². The van der Waals surface area contributed by atoms with Crippen molar-refractivity contribution in [1.82, 2.24) is 19.3 Å². The standard InChI is InChI=1S/C34H36N6O6.ClH/c1-20(16-21(2)31(35)34(43)44)19-39-22(3)30(33(42)40(39)23-8-6-5-7-9-23)32(41)38-29-13-11-25(18-37-29)46-28-14-15-36-27-17-24(45-4)10-12-26(27)28;/h5-15,17-18,20-21,31H,16,19,35H2,1-4H3,(H,43,44)(H,37,38,41);1H/t20-,21?,31?;/m1./s1. The number of halogens is 1. The van der Waals surface area contributed by atoms with E-state index in [1.807, 2.05) is 43.3 Å². The Morgan fingerprint density at radius 1 is 1.02 bits per heavy atom. The third-order valence-corrected chi connectivity index (χ3v) is 7.90. The van der Waals surface area contributed by atoms with E-state index in [4.69, 9.17) is 15.2 Å². The number of anilines is 1. The molecule has 5 rings (SSSR count). The van der Waals surface area contributed by atoms with Crippen molar-refractivity contribution in [2.45, 2.75) is 39.8 Å². The Morgan fingerprint density at radius 3 is 2.40 bits per heavy atom. The molecule has 0 aliphatic heterocycles. The first-order valence-corrected chi connectivity index (χ1v) is 14.8. The third-order valence-electron chi connectivity index (χ3n) is 7.90. The van der Waals surface area contributed by atoms with Crippen LogP contribution in [0.3, 0.4) is 0 Å². The van der Waals surface area contributed by atoms with Crippen molar-refractivity contribution < 1.29 is 24.2 Å². The van der Waals surface area contributed by atoms with Gasteiger partial charge in [0, 0.05) is 24.2 Å². The molecular formula is C34H37ClN6O6. The highest BCUT2D eigenvalue weighted by molar-refractivity contribution is 6.04. The van der Waals surface area contributed by atoms with Crippen LogP contribution in [0.25, 0.3) is 16.6 Å². The number of amides is 1. The van der Waals surface area contributed by atoms with Crippen LogP contribution in [0.2, 0.25) is 0 Å². The molecule has 3 aromatic heterocycles. The number of aliphatic carboxylic acids is 1. The van der Waals surface area contributed by atoms with Crippen molar-refractivity contribution in [3.05, 3.63) is 101 Å². The number of carbonyl (C=O) groups excluding carboxylic acids is 1. The number of carboxylic acid groups (broad SMARTS) is 1. The van der Waals surface area contributed by atoms with Crippen LogP contribution in [0, 0.1) is 18.8 Å². The minimum atomic E-state index is -1.06. The van der Waals surface area contributed by atoms with E-state index in [0.717, 1.165) is 5.39 Å². The van der Waals surface area contributed by atoms with E-state index in [9.17, 15) is 19.5 Å². The number of ether oxygens (including phenoxy) is 2. The van der Waals surface area contributed by atoms with E-state index in [-0.39, 0.29) is 35.6 Å². The fourth-order valence-corrected chi connectivity index (χ4v) is 5.49. The van der Waals surface area contributed by atoms with Crippen molar-refractivity contribution in [3.63, 3.8) is 0 Å². The first-order chi connectivity index (χ1) is 22.1. The SMILES string of the molecule is COc1ccc2c(Oc3ccc(NC(=O)c4c(C)n(C[C@H](C)CC(C)C(N)C(=O)O)n(-c5ccccc5)c4=O)nc3)ccnc2c1.Cl. The van der Waals surface area contributed by atoms with Gasteiger partial charge in [-0.25, -0.2) is 9.67 Å². The van der Waals surface area contributed by atoms with Crippen molar-refractivity contribution in [3.8, 4) is 22.9 Å². The van der Waals surface area contributed by atoms with Gasteiger partial charge in [-0.15, -0.1) is 12.4 Å². The number of aromatic nitrogens is 4. The molecule has 5 aromatic rings. The third kappa shape index (κ3) is 7.62. The van der Waals surface area contributed by atoms with Gasteiger partial charge in [-0.3, -0.25) is 24.0 Å². The highest BCUT2D eigenvalue weighted by Gasteiger charge is 2.27. The summed E-state index contributed by atoms with van der Waals surface area (Å²) >= 11 is 0. The number of fused-ring (bicyclic) bond motifs is 1. The highest BCUT2D eigenvalue weighted by Crippen LogP contribution is 2.31. The first kappa shape index (κ1) is 34.7. The minimum Gasteiger partial charge on any atom is -0.497 e. The van der Waals surface area contributed by atoms with Gasteiger partial charge in [0.2, 0.25) is 0 Å². The maximum atomic E-state index is 13.8. The molecule has 2 unspecified atom stereocenters. The summed E-state index contributed by atoms with van der Waals surface area (Å²) < 4.78 is 14.6. The summed E-state index contributed by atoms with van der Waals surface area (Å²) in [6.07, 6.45) is 3.63. The second-order valence-electron chi connectivity index (χ2n) is 11.3. The van der Waals surface area contributed by atoms with E-state index in [0.29, 0.717) is 47.1 Å². The van der Waals surface area contributed by atoms with E-state index in [1.54, 1.807) is 62.2 Å². The van der Waals surface area contributed by atoms with Crippen LogP contribution >= 0.6 is 12.4 Å². The maximum absolute atomic E-state index is 13.8. The average molecular weight is 661 g/mol. The molecule has 0 aliphatic carbocycles. The average Bonchev–Trinajstić information content (AvgIpc) is 3.29. The van der Waals surface area contributed by atoms with Crippen LogP contribution in [-0.4, -0.2) is 49.5 Å². The Hall–Kier alpha value is -5.20. The van der Waals surface area contributed by atoms with Gasteiger partial charge >= 0.3 is 5.97 Å². The largest absolute Gasteiger partial charge is 0.497 e. The maximum Gasteiger partial charge on any atom is 0.320 e.